The summed E-state index contributed by atoms with van der Waals surface area (Å²) in [6.45, 7) is 0. The lowest BCUT2D eigenvalue weighted by Crippen LogP contribution is -2.47. The van der Waals surface area contributed by atoms with Crippen LogP contribution in [0.15, 0.2) is 55.1 Å². The number of hydrogen-bond donors (Lipinski definition) is 3. The van der Waals surface area contributed by atoms with E-state index in [1.165, 1.54) is 16.9 Å². The highest BCUT2D eigenvalue weighted by molar-refractivity contribution is 6.38. The molecule has 3 aromatic rings. The van der Waals surface area contributed by atoms with E-state index >= 15 is 0 Å². The molecular formula is C17H16N6O3. The van der Waals surface area contributed by atoms with Gasteiger partial charge in [-0.25, -0.2) is 9.67 Å². The lowest BCUT2D eigenvalue weighted by Gasteiger charge is -2.16. The van der Waals surface area contributed by atoms with Gasteiger partial charge in [0.25, 0.3) is 11.8 Å². The average molecular weight is 352 g/mol. The maximum absolute atomic E-state index is 12.7. The second-order valence-corrected chi connectivity index (χ2v) is 5.49. The Hall–Kier alpha value is -3.75. The lowest BCUT2D eigenvalue weighted by atomic mass is 10.0. The number of pyridine rings is 1. The van der Waals surface area contributed by atoms with Crippen LogP contribution in [0.4, 0.5) is 0 Å². The summed E-state index contributed by atoms with van der Waals surface area (Å²) in [6.07, 6.45) is 6.50. The van der Waals surface area contributed by atoms with Crippen LogP contribution in [-0.4, -0.2) is 43.4 Å². The number of rotatable bonds is 7. The van der Waals surface area contributed by atoms with E-state index in [0.29, 0.717) is 5.82 Å². The second-order valence-electron chi connectivity index (χ2n) is 5.49. The fraction of sp³-hybridized carbons (Fsp3) is 0.118. The molecule has 0 radical (unpaired) electrons. The predicted octanol–water partition coefficient (Wildman–Crippen LogP) is -0.00910. The fourth-order valence-electron chi connectivity index (χ4n) is 2.47. The Kier molecular flexibility index (Phi) is 4.88. The average Bonchev–Trinajstić information content (AvgIpc) is 3.32. The first-order valence-electron chi connectivity index (χ1n) is 7.78. The number of nitrogens with zero attached hydrogens (tertiary/aromatic N) is 3. The Morgan fingerprint density at radius 1 is 1.19 bits per heavy atom. The van der Waals surface area contributed by atoms with Crippen molar-refractivity contribution in [3.63, 3.8) is 0 Å². The van der Waals surface area contributed by atoms with Gasteiger partial charge in [-0.05, 0) is 29.8 Å². The third kappa shape index (κ3) is 3.66. The fourth-order valence-corrected chi connectivity index (χ4v) is 2.47. The van der Waals surface area contributed by atoms with Gasteiger partial charge in [-0.15, -0.1) is 0 Å². The van der Waals surface area contributed by atoms with Crippen LogP contribution in [0.2, 0.25) is 0 Å². The summed E-state index contributed by atoms with van der Waals surface area (Å²) in [6, 6.07) is 7.35. The minimum absolute atomic E-state index is 0.134. The summed E-state index contributed by atoms with van der Waals surface area (Å²) in [5.41, 5.74) is 6.04. The molecule has 3 aromatic heterocycles. The SMILES string of the molecule is NC(=O)C(=O)C(Cc1cc[nH]c1)NC(=O)c1ccnn1-c1ccccn1. The summed E-state index contributed by atoms with van der Waals surface area (Å²) >= 11 is 0. The van der Waals surface area contributed by atoms with E-state index in [9.17, 15) is 14.4 Å². The van der Waals surface area contributed by atoms with Gasteiger partial charge in [-0.1, -0.05) is 6.07 Å². The quantitative estimate of drug-likeness (QED) is 0.514. The molecule has 0 aromatic carbocycles. The van der Waals surface area contributed by atoms with Gasteiger partial charge < -0.3 is 16.0 Å². The zero-order valence-electron chi connectivity index (χ0n) is 13.6. The van der Waals surface area contributed by atoms with E-state index < -0.39 is 23.6 Å². The molecule has 0 saturated heterocycles. The summed E-state index contributed by atoms with van der Waals surface area (Å²) < 4.78 is 1.34. The van der Waals surface area contributed by atoms with E-state index in [2.05, 4.69) is 20.4 Å². The van der Waals surface area contributed by atoms with Crippen molar-refractivity contribution in [2.75, 3.05) is 0 Å². The maximum atomic E-state index is 12.7. The molecule has 9 nitrogen and oxygen atoms in total. The molecule has 0 aliphatic carbocycles. The number of nitrogens with one attached hydrogen (secondary N) is 2. The molecule has 4 N–H and O–H groups in total. The highest BCUT2D eigenvalue weighted by Crippen LogP contribution is 2.09. The number of carbonyl (C=O) groups excluding carboxylic acids is 3. The molecule has 2 amide bonds. The molecular weight excluding hydrogens is 336 g/mol. The Morgan fingerprint density at radius 3 is 2.69 bits per heavy atom. The normalized spacial score (nSPS) is 11.7. The third-order valence-corrected chi connectivity index (χ3v) is 3.71. The van der Waals surface area contributed by atoms with Crippen molar-refractivity contribution in [2.45, 2.75) is 12.5 Å². The first-order valence-corrected chi connectivity index (χ1v) is 7.78. The zero-order chi connectivity index (χ0) is 18.5. The van der Waals surface area contributed by atoms with Crippen molar-refractivity contribution in [2.24, 2.45) is 5.73 Å². The van der Waals surface area contributed by atoms with E-state index in [-0.39, 0.29) is 12.1 Å². The van der Waals surface area contributed by atoms with Gasteiger partial charge in [0.2, 0.25) is 5.78 Å². The van der Waals surface area contributed by atoms with Gasteiger partial charge in [-0.2, -0.15) is 5.10 Å². The Bertz CT molecular complexity index is 917. The number of carbonyl (C=O) groups is 3. The van der Waals surface area contributed by atoms with Crippen LogP contribution < -0.4 is 11.1 Å². The molecule has 0 saturated carbocycles. The number of aromatic nitrogens is 4. The summed E-state index contributed by atoms with van der Waals surface area (Å²) in [4.78, 5) is 43.1. The topological polar surface area (TPSA) is 136 Å². The van der Waals surface area contributed by atoms with E-state index in [0.717, 1.165) is 5.56 Å². The molecule has 0 bridgehead atoms. The van der Waals surface area contributed by atoms with Crippen LogP contribution in [0, 0.1) is 0 Å². The minimum Gasteiger partial charge on any atom is -0.367 e. The number of primary amides is 1. The lowest BCUT2D eigenvalue weighted by molar-refractivity contribution is -0.137. The first kappa shape index (κ1) is 17.1. The van der Waals surface area contributed by atoms with Crippen molar-refractivity contribution in [3.8, 4) is 5.82 Å². The van der Waals surface area contributed by atoms with Crippen LogP contribution >= 0.6 is 0 Å². The van der Waals surface area contributed by atoms with Gasteiger partial charge in [0.15, 0.2) is 5.82 Å². The minimum atomic E-state index is -1.11. The van der Waals surface area contributed by atoms with E-state index in [4.69, 9.17) is 5.73 Å². The first-order chi connectivity index (χ1) is 12.6. The highest BCUT2D eigenvalue weighted by Gasteiger charge is 2.27. The Balaban J connectivity index is 1.83. The molecule has 0 fully saturated rings. The van der Waals surface area contributed by atoms with Crippen molar-refractivity contribution in [1.82, 2.24) is 25.1 Å². The number of H-pyrrole nitrogens is 1. The molecule has 9 heteroatoms. The molecule has 0 spiro atoms. The molecule has 3 heterocycles. The smallest absolute Gasteiger partial charge is 0.287 e. The van der Waals surface area contributed by atoms with E-state index in [1.54, 1.807) is 42.9 Å². The van der Waals surface area contributed by atoms with Crippen LogP contribution in [-0.2, 0) is 16.0 Å². The zero-order valence-corrected chi connectivity index (χ0v) is 13.6. The molecule has 0 aliphatic heterocycles. The van der Waals surface area contributed by atoms with Crippen molar-refractivity contribution in [3.05, 3.63) is 66.4 Å². The largest absolute Gasteiger partial charge is 0.367 e. The molecule has 1 atom stereocenters. The van der Waals surface area contributed by atoms with Crippen molar-refractivity contribution >= 4 is 17.6 Å². The van der Waals surface area contributed by atoms with Gasteiger partial charge in [0.1, 0.15) is 11.7 Å². The van der Waals surface area contributed by atoms with Gasteiger partial charge in [-0.3, -0.25) is 14.4 Å². The number of amides is 2. The van der Waals surface area contributed by atoms with Crippen LogP contribution in [0.1, 0.15) is 16.1 Å². The monoisotopic (exact) mass is 352 g/mol. The number of hydrogen-bond acceptors (Lipinski definition) is 5. The number of aromatic amines is 1. The highest BCUT2D eigenvalue weighted by atomic mass is 16.2. The Labute approximate surface area is 148 Å². The molecule has 3 rings (SSSR count). The molecule has 0 aliphatic rings. The van der Waals surface area contributed by atoms with Crippen molar-refractivity contribution in [1.29, 1.82) is 0 Å². The van der Waals surface area contributed by atoms with Gasteiger partial charge >= 0.3 is 0 Å². The third-order valence-electron chi connectivity index (χ3n) is 3.71. The summed E-state index contributed by atoms with van der Waals surface area (Å²) in [5, 5.41) is 6.64. The van der Waals surface area contributed by atoms with Crippen molar-refractivity contribution < 1.29 is 14.4 Å². The number of Topliss-reactive ketones (excluding diaryl/α,β-unsaturated/α-hetero) is 1. The molecule has 132 valence electrons. The standard InChI is InChI=1S/C17H16N6O3/c18-16(25)15(24)12(9-11-4-7-19-10-11)22-17(26)13-5-8-21-23(13)14-3-1-2-6-20-14/h1-8,10,12,19H,9H2,(H2,18,25)(H,22,26). The Morgan fingerprint density at radius 2 is 2.04 bits per heavy atom. The number of ketones is 1. The van der Waals surface area contributed by atoms with E-state index in [1.807, 2.05) is 0 Å². The number of nitrogens with two attached hydrogens (primary N) is 1. The summed E-state index contributed by atoms with van der Waals surface area (Å²) in [7, 11) is 0. The predicted molar refractivity (Wildman–Crippen MR) is 91.3 cm³/mol. The van der Waals surface area contributed by atoms with Crippen LogP contribution in [0.25, 0.3) is 5.82 Å². The van der Waals surface area contributed by atoms with Crippen LogP contribution in [0.5, 0.6) is 0 Å². The van der Waals surface area contributed by atoms with Crippen LogP contribution in [0.3, 0.4) is 0 Å². The van der Waals surface area contributed by atoms with Gasteiger partial charge in [0, 0.05) is 25.0 Å². The second kappa shape index (κ2) is 7.43. The molecule has 1 unspecified atom stereocenters. The molecule has 26 heavy (non-hydrogen) atoms. The maximum Gasteiger partial charge on any atom is 0.287 e. The summed E-state index contributed by atoms with van der Waals surface area (Å²) in [5.74, 6) is -2.10. The van der Waals surface area contributed by atoms with Gasteiger partial charge in [0.05, 0.1) is 6.20 Å².